The molecule has 0 radical (unpaired) electrons. The van der Waals surface area contributed by atoms with E-state index in [2.05, 4.69) is 4.72 Å². The van der Waals surface area contributed by atoms with Crippen molar-refractivity contribution in [2.45, 2.75) is 11.4 Å². The van der Waals surface area contributed by atoms with E-state index < -0.39 is 15.8 Å². The minimum absolute atomic E-state index is 0.0246. The van der Waals surface area contributed by atoms with Gasteiger partial charge in [-0.2, -0.15) is 0 Å². The molecule has 0 aliphatic heterocycles. The molecule has 0 bridgehead atoms. The van der Waals surface area contributed by atoms with E-state index in [1.54, 1.807) is 12.1 Å². The predicted molar refractivity (Wildman–Crippen MR) is 86.5 cm³/mol. The van der Waals surface area contributed by atoms with Crippen LogP contribution in [-0.4, -0.2) is 29.7 Å². The van der Waals surface area contributed by atoms with Crippen LogP contribution >= 0.6 is 0 Å². The number of hydrogen-bond acceptors (Lipinski definition) is 5. The van der Waals surface area contributed by atoms with Gasteiger partial charge in [0.1, 0.15) is 5.82 Å². The summed E-state index contributed by atoms with van der Waals surface area (Å²) in [5, 5.41) is 0. The highest BCUT2D eigenvalue weighted by Gasteiger charge is 2.19. The van der Waals surface area contributed by atoms with E-state index in [0.717, 1.165) is 12.1 Å². The summed E-state index contributed by atoms with van der Waals surface area (Å²) in [7, 11) is 0.633. The monoisotopic (exact) mass is 355 g/mol. The van der Waals surface area contributed by atoms with Gasteiger partial charge in [-0.3, -0.25) is 0 Å². The van der Waals surface area contributed by atoms with Crippen LogP contribution < -0.4 is 18.9 Å². The standard InChI is InChI=1S/C16H18FNO5S/c1-21-14-9-4-11(15(22-2)16(14)23-3)10-18-24(19,20)13-7-5-12(17)6-8-13/h4-9,18H,10H2,1-3H3. The summed E-state index contributed by atoms with van der Waals surface area (Å²) < 4.78 is 55.6. The summed E-state index contributed by atoms with van der Waals surface area (Å²) in [6.45, 7) is -0.0246. The summed E-state index contributed by atoms with van der Waals surface area (Å²) in [4.78, 5) is -0.0247. The fourth-order valence-electron chi connectivity index (χ4n) is 2.17. The molecule has 0 atom stereocenters. The van der Waals surface area contributed by atoms with E-state index in [1.807, 2.05) is 0 Å². The Bertz CT molecular complexity index is 806. The zero-order chi connectivity index (χ0) is 17.7. The molecule has 2 aromatic rings. The fourth-order valence-corrected chi connectivity index (χ4v) is 3.18. The fraction of sp³-hybridized carbons (Fsp3) is 0.250. The highest BCUT2D eigenvalue weighted by Crippen LogP contribution is 2.39. The SMILES string of the molecule is COc1ccc(CNS(=O)(=O)c2ccc(F)cc2)c(OC)c1OC. The van der Waals surface area contributed by atoms with Crippen molar-refractivity contribution in [2.24, 2.45) is 0 Å². The number of benzene rings is 2. The van der Waals surface area contributed by atoms with Gasteiger partial charge >= 0.3 is 0 Å². The van der Waals surface area contributed by atoms with Gasteiger partial charge in [-0.15, -0.1) is 0 Å². The first-order chi connectivity index (χ1) is 11.4. The van der Waals surface area contributed by atoms with Crippen molar-refractivity contribution in [1.29, 1.82) is 0 Å². The first-order valence-corrected chi connectivity index (χ1v) is 8.44. The lowest BCUT2D eigenvalue weighted by atomic mass is 10.1. The highest BCUT2D eigenvalue weighted by molar-refractivity contribution is 7.89. The van der Waals surface area contributed by atoms with E-state index in [9.17, 15) is 12.8 Å². The van der Waals surface area contributed by atoms with Crippen LogP contribution in [0.5, 0.6) is 17.2 Å². The number of halogens is 1. The number of methoxy groups -OCH3 is 3. The molecule has 0 saturated carbocycles. The van der Waals surface area contributed by atoms with Crippen molar-refractivity contribution < 1.29 is 27.0 Å². The Morgan fingerprint density at radius 2 is 1.54 bits per heavy atom. The van der Waals surface area contributed by atoms with E-state index in [4.69, 9.17) is 14.2 Å². The van der Waals surface area contributed by atoms with Crippen LogP contribution in [0.2, 0.25) is 0 Å². The molecular weight excluding hydrogens is 337 g/mol. The molecule has 6 nitrogen and oxygen atoms in total. The molecule has 8 heteroatoms. The van der Waals surface area contributed by atoms with Crippen molar-refractivity contribution in [1.82, 2.24) is 4.72 Å². The summed E-state index contributed by atoms with van der Waals surface area (Å²) in [5.74, 6) is 0.715. The minimum Gasteiger partial charge on any atom is -0.493 e. The lowest BCUT2D eigenvalue weighted by Crippen LogP contribution is -2.23. The van der Waals surface area contributed by atoms with Gasteiger partial charge in [0, 0.05) is 12.1 Å². The molecule has 0 aliphatic carbocycles. The van der Waals surface area contributed by atoms with Crippen LogP contribution in [-0.2, 0) is 16.6 Å². The number of hydrogen-bond donors (Lipinski definition) is 1. The Morgan fingerprint density at radius 1 is 0.917 bits per heavy atom. The molecule has 0 fully saturated rings. The summed E-state index contributed by atoms with van der Waals surface area (Å²) in [5.41, 5.74) is 0.570. The van der Waals surface area contributed by atoms with Crippen LogP contribution in [0.1, 0.15) is 5.56 Å². The van der Waals surface area contributed by atoms with Crippen LogP contribution in [0.15, 0.2) is 41.3 Å². The largest absolute Gasteiger partial charge is 0.493 e. The third-order valence-corrected chi connectivity index (χ3v) is 4.78. The second-order valence-corrected chi connectivity index (χ2v) is 6.54. The van der Waals surface area contributed by atoms with Gasteiger partial charge in [-0.25, -0.2) is 17.5 Å². The zero-order valence-corrected chi connectivity index (χ0v) is 14.3. The smallest absolute Gasteiger partial charge is 0.240 e. The third-order valence-electron chi connectivity index (χ3n) is 3.36. The van der Waals surface area contributed by atoms with Crippen molar-refractivity contribution in [3.63, 3.8) is 0 Å². The molecule has 0 amide bonds. The zero-order valence-electron chi connectivity index (χ0n) is 13.5. The maximum absolute atomic E-state index is 12.9. The van der Waals surface area contributed by atoms with Crippen molar-refractivity contribution in [3.05, 3.63) is 47.8 Å². The summed E-state index contributed by atoms with van der Waals surface area (Å²) >= 11 is 0. The second kappa shape index (κ2) is 7.50. The second-order valence-electron chi connectivity index (χ2n) is 4.77. The van der Waals surface area contributed by atoms with Crippen LogP contribution in [0.3, 0.4) is 0 Å². The Kier molecular flexibility index (Phi) is 5.63. The molecule has 0 aliphatic rings. The molecule has 130 valence electrons. The maximum Gasteiger partial charge on any atom is 0.240 e. The quantitative estimate of drug-likeness (QED) is 0.825. The molecule has 0 spiro atoms. The minimum atomic E-state index is -3.78. The summed E-state index contributed by atoms with van der Waals surface area (Å²) in [6, 6.07) is 7.90. The number of rotatable bonds is 7. The van der Waals surface area contributed by atoms with E-state index in [1.165, 1.54) is 33.5 Å². The molecule has 0 saturated heterocycles. The Hall–Kier alpha value is -2.32. The van der Waals surface area contributed by atoms with Crippen LogP contribution in [0, 0.1) is 5.82 Å². The molecular formula is C16H18FNO5S. The average Bonchev–Trinajstić information content (AvgIpc) is 2.59. The normalized spacial score (nSPS) is 11.2. The highest BCUT2D eigenvalue weighted by atomic mass is 32.2. The van der Waals surface area contributed by atoms with Crippen molar-refractivity contribution in [2.75, 3.05) is 21.3 Å². The topological polar surface area (TPSA) is 73.9 Å². The summed E-state index contributed by atoms with van der Waals surface area (Å²) in [6.07, 6.45) is 0. The van der Waals surface area contributed by atoms with Gasteiger partial charge in [0.25, 0.3) is 0 Å². The lowest BCUT2D eigenvalue weighted by Gasteiger charge is -2.16. The number of sulfonamides is 1. The molecule has 2 rings (SSSR count). The lowest BCUT2D eigenvalue weighted by molar-refractivity contribution is 0.322. The van der Waals surface area contributed by atoms with Gasteiger partial charge in [-0.05, 0) is 30.3 Å². The first kappa shape index (κ1) is 18.0. The third kappa shape index (κ3) is 3.77. The predicted octanol–water partition coefficient (Wildman–Crippen LogP) is 2.33. The maximum atomic E-state index is 12.9. The van der Waals surface area contributed by atoms with Gasteiger partial charge in [0.2, 0.25) is 15.8 Å². The van der Waals surface area contributed by atoms with Gasteiger partial charge < -0.3 is 14.2 Å². The molecule has 0 unspecified atom stereocenters. The molecule has 24 heavy (non-hydrogen) atoms. The number of nitrogens with one attached hydrogen (secondary N) is 1. The van der Waals surface area contributed by atoms with E-state index in [0.29, 0.717) is 22.8 Å². The van der Waals surface area contributed by atoms with Gasteiger partial charge in [-0.1, -0.05) is 6.07 Å². The average molecular weight is 355 g/mol. The Labute approximate surface area is 140 Å². The van der Waals surface area contributed by atoms with Gasteiger partial charge in [0.05, 0.1) is 26.2 Å². The Morgan fingerprint density at radius 3 is 2.08 bits per heavy atom. The van der Waals surface area contributed by atoms with Gasteiger partial charge in [0.15, 0.2) is 11.5 Å². The van der Waals surface area contributed by atoms with Crippen LogP contribution in [0.4, 0.5) is 4.39 Å². The van der Waals surface area contributed by atoms with Crippen LogP contribution in [0.25, 0.3) is 0 Å². The van der Waals surface area contributed by atoms with Crippen molar-refractivity contribution >= 4 is 10.0 Å². The molecule has 2 aromatic carbocycles. The molecule has 0 heterocycles. The molecule has 1 N–H and O–H groups in total. The van der Waals surface area contributed by atoms with E-state index >= 15 is 0 Å². The molecule has 0 aromatic heterocycles. The van der Waals surface area contributed by atoms with Crippen molar-refractivity contribution in [3.8, 4) is 17.2 Å². The first-order valence-electron chi connectivity index (χ1n) is 6.96. The number of ether oxygens (including phenoxy) is 3. The Balaban J connectivity index is 2.27. The van der Waals surface area contributed by atoms with E-state index in [-0.39, 0.29) is 11.4 Å².